The molecule has 1 aromatic heterocycles. The number of aromatic nitrogens is 1. The van der Waals surface area contributed by atoms with Crippen molar-refractivity contribution in [1.82, 2.24) is 4.98 Å². The highest BCUT2D eigenvalue weighted by atomic mass is 16.5. The van der Waals surface area contributed by atoms with Crippen LogP contribution in [0, 0.1) is 0 Å². The summed E-state index contributed by atoms with van der Waals surface area (Å²) in [7, 11) is 1.41. The highest BCUT2D eigenvalue weighted by molar-refractivity contribution is 5.76. The van der Waals surface area contributed by atoms with Gasteiger partial charge in [-0.25, -0.2) is 0 Å². The van der Waals surface area contributed by atoms with Crippen molar-refractivity contribution in [2.45, 2.75) is 19.3 Å². The van der Waals surface area contributed by atoms with Crippen LogP contribution in [-0.4, -0.2) is 30.8 Å². The minimum absolute atomic E-state index is 0.150. The topological polar surface area (TPSA) is 54.4 Å². The number of unbranched alkanes of at least 4 members (excludes halogenated alkanes) is 1. The SMILES string of the molecule is COC(=O)CCCCN=Cc1ccc[nH]1. The molecule has 0 aliphatic rings. The summed E-state index contributed by atoms with van der Waals surface area (Å²) in [6, 6.07) is 3.89. The maximum absolute atomic E-state index is 10.8. The highest BCUT2D eigenvalue weighted by Gasteiger charge is 1.97. The van der Waals surface area contributed by atoms with E-state index in [1.54, 1.807) is 6.21 Å². The van der Waals surface area contributed by atoms with E-state index >= 15 is 0 Å². The number of H-pyrrole nitrogens is 1. The Morgan fingerprint density at radius 1 is 1.60 bits per heavy atom. The van der Waals surface area contributed by atoms with Crippen molar-refractivity contribution in [3.63, 3.8) is 0 Å². The standard InChI is InChI=1S/C11H16N2O2/c1-15-11(14)6-2-3-7-12-9-10-5-4-8-13-10/h4-5,8-9,13H,2-3,6-7H2,1H3. The fraction of sp³-hybridized carbons (Fsp3) is 0.455. The molecule has 0 spiro atoms. The Morgan fingerprint density at radius 2 is 2.47 bits per heavy atom. The third-order valence-electron chi connectivity index (χ3n) is 2.00. The number of ether oxygens (including phenoxy) is 1. The molecule has 0 amide bonds. The van der Waals surface area contributed by atoms with Gasteiger partial charge >= 0.3 is 5.97 Å². The molecule has 0 aliphatic heterocycles. The van der Waals surface area contributed by atoms with Crippen LogP contribution in [-0.2, 0) is 9.53 Å². The van der Waals surface area contributed by atoms with Gasteiger partial charge in [0.25, 0.3) is 0 Å². The number of hydrogen-bond acceptors (Lipinski definition) is 3. The number of aliphatic imine (C=N–C) groups is 1. The zero-order chi connectivity index (χ0) is 10.9. The average molecular weight is 208 g/mol. The maximum atomic E-state index is 10.8. The summed E-state index contributed by atoms with van der Waals surface area (Å²) in [4.78, 5) is 18.0. The number of nitrogens with one attached hydrogen (secondary N) is 1. The normalized spacial score (nSPS) is 10.7. The van der Waals surface area contributed by atoms with Crippen molar-refractivity contribution in [3.8, 4) is 0 Å². The molecule has 0 radical (unpaired) electrons. The average Bonchev–Trinajstić information content (AvgIpc) is 2.75. The van der Waals surface area contributed by atoms with Gasteiger partial charge in [-0.05, 0) is 25.0 Å². The van der Waals surface area contributed by atoms with Crippen molar-refractivity contribution < 1.29 is 9.53 Å². The molecule has 0 aliphatic carbocycles. The molecule has 1 heterocycles. The lowest BCUT2D eigenvalue weighted by atomic mass is 10.2. The minimum Gasteiger partial charge on any atom is -0.469 e. The van der Waals surface area contributed by atoms with Crippen LogP contribution < -0.4 is 0 Å². The lowest BCUT2D eigenvalue weighted by molar-refractivity contribution is -0.140. The molecule has 4 nitrogen and oxygen atoms in total. The molecule has 0 unspecified atom stereocenters. The van der Waals surface area contributed by atoms with E-state index < -0.39 is 0 Å². The lowest BCUT2D eigenvalue weighted by Gasteiger charge is -1.96. The van der Waals surface area contributed by atoms with E-state index in [9.17, 15) is 4.79 Å². The van der Waals surface area contributed by atoms with Crippen LogP contribution in [0.15, 0.2) is 23.3 Å². The minimum atomic E-state index is -0.150. The largest absolute Gasteiger partial charge is 0.469 e. The van der Waals surface area contributed by atoms with Crippen molar-refractivity contribution >= 4 is 12.2 Å². The molecule has 1 N–H and O–H groups in total. The van der Waals surface area contributed by atoms with Crippen molar-refractivity contribution in [2.75, 3.05) is 13.7 Å². The maximum Gasteiger partial charge on any atom is 0.305 e. The first kappa shape index (κ1) is 11.5. The third-order valence-corrected chi connectivity index (χ3v) is 2.00. The zero-order valence-corrected chi connectivity index (χ0v) is 8.90. The molecule has 15 heavy (non-hydrogen) atoms. The van der Waals surface area contributed by atoms with Crippen molar-refractivity contribution in [1.29, 1.82) is 0 Å². The number of nitrogens with zero attached hydrogens (tertiary/aromatic N) is 1. The Balaban J connectivity index is 2.04. The predicted molar refractivity (Wildman–Crippen MR) is 59.1 cm³/mol. The van der Waals surface area contributed by atoms with Crippen LogP contribution in [0.25, 0.3) is 0 Å². The third kappa shape index (κ3) is 5.00. The molecule has 1 aromatic rings. The van der Waals surface area contributed by atoms with Gasteiger partial charge in [-0.15, -0.1) is 0 Å². The number of carbonyl (C=O) groups excluding carboxylic acids is 1. The van der Waals surface area contributed by atoms with Gasteiger partial charge in [0.05, 0.1) is 12.8 Å². The first-order valence-corrected chi connectivity index (χ1v) is 5.03. The lowest BCUT2D eigenvalue weighted by Crippen LogP contribution is -1.99. The molecule has 1 rings (SSSR count). The van der Waals surface area contributed by atoms with Crippen LogP contribution in [0.4, 0.5) is 0 Å². The summed E-state index contributed by atoms with van der Waals surface area (Å²) < 4.78 is 4.53. The number of aromatic amines is 1. The summed E-state index contributed by atoms with van der Waals surface area (Å²) in [6.07, 6.45) is 5.88. The number of methoxy groups -OCH3 is 1. The smallest absolute Gasteiger partial charge is 0.305 e. The molecule has 0 aromatic carbocycles. The van der Waals surface area contributed by atoms with Crippen LogP contribution >= 0.6 is 0 Å². The quantitative estimate of drug-likeness (QED) is 0.440. The second-order valence-corrected chi connectivity index (χ2v) is 3.19. The molecule has 0 fully saturated rings. The number of carbonyl (C=O) groups is 1. The van der Waals surface area contributed by atoms with Crippen LogP contribution in [0.2, 0.25) is 0 Å². The van der Waals surface area contributed by atoms with Gasteiger partial charge in [0, 0.05) is 25.4 Å². The zero-order valence-electron chi connectivity index (χ0n) is 8.90. The van der Waals surface area contributed by atoms with Gasteiger partial charge in [0.1, 0.15) is 0 Å². The Kier molecular flexibility index (Phi) is 5.22. The van der Waals surface area contributed by atoms with Gasteiger partial charge in [-0.3, -0.25) is 9.79 Å². The first-order chi connectivity index (χ1) is 7.33. The Hall–Kier alpha value is -1.58. The van der Waals surface area contributed by atoms with Crippen LogP contribution in [0.5, 0.6) is 0 Å². The molecular formula is C11H16N2O2. The fourth-order valence-corrected chi connectivity index (χ4v) is 1.16. The monoisotopic (exact) mass is 208 g/mol. The van der Waals surface area contributed by atoms with Crippen LogP contribution in [0.3, 0.4) is 0 Å². The van der Waals surface area contributed by atoms with Crippen molar-refractivity contribution in [2.24, 2.45) is 4.99 Å². The number of hydrogen-bond donors (Lipinski definition) is 1. The van der Waals surface area contributed by atoms with Gasteiger partial charge in [-0.2, -0.15) is 0 Å². The number of rotatable bonds is 6. The number of esters is 1. The van der Waals surface area contributed by atoms with E-state index in [2.05, 4.69) is 14.7 Å². The van der Waals surface area contributed by atoms with Gasteiger partial charge in [0.2, 0.25) is 0 Å². The summed E-state index contributed by atoms with van der Waals surface area (Å²) in [5.74, 6) is -0.150. The van der Waals surface area contributed by atoms with E-state index in [1.807, 2.05) is 18.3 Å². The van der Waals surface area contributed by atoms with Crippen molar-refractivity contribution in [3.05, 3.63) is 24.0 Å². The Labute approximate surface area is 89.4 Å². The van der Waals surface area contributed by atoms with Gasteiger partial charge < -0.3 is 9.72 Å². The molecule has 0 atom stereocenters. The van der Waals surface area contributed by atoms with Gasteiger partial charge in [-0.1, -0.05) is 0 Å². The summed E-state index contributed by atoms with van der Waals surface area (Å²) in [5.41, 5.74) is 1.00. The van der Waals surface area contributed by atoms with Crippen LogP contribution in [0.1, 0.15) is 25.0 Å². The van der Waals surface area contributed by atoms with E-state index in [-0.39, 0.29) is 5.97 Å². The molecule has 0 bridgehead atoms. The summed E-state index contributed by atoms with van der Waals surface area (Å²) in [5, 5.41) is 0. The molecule has 0 saturated carbocycles. The van der Waals surface area contributed by atoms with E-state index in [0.717, 1.165) is 25.1 Å². The van der Waals surface area contributed by atoms with E-state index in [1.165, 1.54) is 7.11 Å². The fourth-order valence-electron chi connectivity index (χ4n) is 1.16. The highest BCUT2D eigenvalue weighted by Crippen LogP contribution is 1.97. The first-order valence-electron chi connectivity index (χ1n) is 5.03. The second-order valence-electron chi connectivity index (χ2n) is 3.19. The summed E-state index contributed by atoms with van der Waals surface area (Å²) in [6.45, 7) is 0.746. The molecule has 4 heteroatoms. The van der Waals surface area contributed by atoms with Gasteiger partial charge in [0.15, 0.2) is 0 Å². The van der Waals surface area contributed by atoms with E-state index in [0.29, 0.717) is 6.42 Å². The molecular weight excluding hydrogens is 192 g/mol. The molecule has 82 valence electrons. The van der Waals surface area contributed by atoms with E-state index in [4.69, 9.17) is 0 Å². The Bertz CT molecular complexity index is 304. The second kappa shape index (κ2) is 6.81. The predicted octanol–water partition coefficient (Wildman–Crippen LogP) is 1.78. The summed E-state index contributed by atoms with van der Waals surface area (Å²) >= 11 is 0. The molecule has 0 saturated heterocycles. The Morgan fingerprint density at radius 3 is 3.13 bits per heavy atom.